The van der Waals surface area contributed by atoms with Gasteiger partial charge in [-0.1, -0.05) is 41.6 Å². The third-order valence-corrected chi connectivity index (χ3v) is 11.0. The van der Waals surface area contributed by atoms with Crippen LogP contribution in [0.25, 0.3) is 21.5 Å². The fourth-order valence-electron chi connectivity index (χ4n) is 4.81. The lowest BCUT2D eigenvalue weighted by Gasteiger charge is -2.36. The van der Waals surface area contributed by atoms with E-state index in [0.717, 1.165) is 18.8 Å². The second-order valence-electron chi connectivity index (χ2n) is 8.27. The Kier molecular flexibility index (Phi) is 5.02. The van der Waals surface area contributed by atoms with Crippen molar-refractivity contribution in [1.29, 1.82) is 0 Å². The van der Waals surface area contributed by atoms with Crippen LogP contribution in [0.5, 0.6) is 5.75 Å². The summed E-state index contributed by atoms with van der Waals surface area (Å²) in [6.07, 6.45) is 1.05. The summed E-state index contributed by atoms with van der Waals surface area (Å²) in [4.78, 5) is 0. The maximum atomic E-state index is 6.03. The van der Waals surface area contributed by atoms with Gasteiger partial charge in [0.1, 0.15) is 5.75 Å². The van der Waals surface area contributed by atoms with Gasteiger partial charge in [0.05, 0.1) is 6.61 Å². The second kappa shape index (κ2) is 7.96. The monoisotopic (exact) mass is 406 g/mol. The zero-order valence-electron chi connectivity index (χ0n) is 17.3. The molecule has 0 radical (unpaired) electrons. The highest BCUT2D eigenvalue weighted by atomic mass is 28.3. The van der Waals surface area contributed by atoms with Crippen molar-refractivity contribution in [3.05, 3.63) is 103 Å². The van der Waals surface area contributed by atoms with E-state index >= 15 is 0 Å². The Morgan fingerprint density at radius 3 is 1.83 bits per heavy atom. The van der Waals surface area contributed by atoms with Crippen molar-refractivity contribution in [1.82, 2.24) is 0 Å². The maximum absolute atomic E-state index is 6.03. The molecule has 0 N–H and O–H groups in total. The summed E-state index contributed by atoms with van der Waals surface area (Å²) in [5.74, 6) is 0.957. The maximum Gasteiger partial charge on any atom is 0.119 e. The Labute approximate surface area is 179 Å². The minimum atomic E-state index is -1.94. The molecule has 5 aromatic rings. The van der Waals surface area contributed by atoms with Gasteiger partial charge in [-0.25, -0.2) is 0 Å². The third kappa shape index (κ3) is 3.38. The van der Waals surface area contributed by atoms with E-state index in [2.05, 4.69) is 79.3 Å². The smallest absolute Gasteiger partial charge is 0.119 e. The Morgan fingerprint density at radius 1 is 0.667 bits per heavy atom. The molecule has 0 saturated carbocycles. The topological polar surface area (TPSA) is 9.23 Å². The highest BCUT2D eigenvalue weighted by Gasteiger charge is 2.27. The van der Waals surface area contributed by atoms with Gasteiger partial charge < -0.3 is 4.74 Å². The first kappa shape index (κ1) is 18.9. The predicted octanol–water partition coefficient (Wildman–Crippen LogP) is 6.09. The predicted molar refractivity (Wildman–Crippen MR) is 131 cm³/mol. The van der Waals surface area contributed by atoms with Crippen molar-refractivity contribution in [2.24, 2.45) is 0 Å². The van der Waals surface area contributed by atoms with Gasteiger partial charge in [-0.15, -0.1) is 81.8 Å². The van der Waals surface area contributed by atoms with Crippen LogP contribution in [-0.2, 0) is 0 Å². The van der Waals surface area contributed by atoms with E-state index < -0.39 is 8.07 Å². The van der Waals surface area contributed by atoms with Crippen LogP contribution < -0.4 is 15.1 Å². The molecule has 5 rings (SSSR count). The van der Waals surface area contributed by atoms with E-state index in [4.69, 9.17) is 4.74 Å². The molecule has 0 amide bonds. The zero-order valence-corrected chi connectivity index (χ0v) is 18.3. The molecule has 0 heterocycles. The van der Waals surface area contributed by atoms with Crippen molar-refractivity contribution in [3.8, 4) is 5.75 Å². The molecule has 5 aromatic carbocycles. The Balaban J connectivity index is 1.51. The molecular weight excluding hydrogens is 380 g/mol. The van der Waals surface area contributed by atoms with Crippen LogP contribution in [0.15, 0.2) is 103 Å². The lowest BCUT2D eigenvalue weighted by atomic mass is 10.2. The number of hydrogen-bond acceptors (Lipinski definition) is 1. The number of ether oxygens (including phenoxy) is 1. The first-order valence-corrected chi connectivity index (χ1v) is 13.4. The quantitative estimate of drug-likeness (QED) is 0.180. The summed E-state index contributed by atoms with van der Waals surface area (Å²) in [5, 5.41) is 8.63. The average Bonchev–Trinajstić information content (AvgIpc) is 3.42. The molecule has 0 aromatic heterocycles. The number of benzene rings is 3. The fraction of sp³-hybridized carbons (Fsp3) is 0.143. The molecule has 0 aliphatic rings. The van der Waals surface area contributed by atoms with Crippen molar-refractivity contribution < 1.29 is 4.74 Å². The molecule has 0 unspecified atom stereocenters. The minimum Gasteiger partial charge on any atom is -0.494 e. The highest BCUT2D eigenvalue weighted by molar-refractivity contribution is 7.04. The van der Waals surface area contributed by atoms with Gasteiger partial charge in [-0.2, -0.15) is 12.1 Å². The van der Waals surface area contributed by atoms with E-state index in [1.165, 1.54) is 27.6 Å². The van der Waals surface area contributed by atoms with Crippen LogP contribution in [-0.4, -0.2) is 14.7 Å². The van der Waals surface area contributed by atoms with E-state index in [0.29, 0.717) is 0 Å². The molecule has 0 atom stereocenters. The van der Waals surface area contributed by atoms with Crippen LogP contribution in [0.1, 0.15) is 6.42 Å². The molecule has 0 aliphatic heterocycles. The fourth-order valence-corrected chi connectivity index (χ4v) is 9.04. The average molecular weight is 407 g/mol. The van der Waals surface area contributed by atoms with Crippen LogP contribution in [0, 0.1) is 0 Å². The van der Waals surface area contributed by atoms with Crippen molar-refractivity contribution in [2.45, 2.75) is 19.0 Å². The van der Waals surface area contributed by atoms with E-state index in [9.17, 15) is 0 Å². The van der Waals surface area contributed by atoms with Crippen molar-refractivity contribution in [2.75, 3.05) is 6.61 Å². The zero-order chi connectivity index (χ0) is 20.4. The summed E-state index contributed by atoms with van der Waals surface area (Å²) >= 11 is 0. The normalized spacial score (nSPS) is 11.9. The summed E-state index contributed by atoms with van der Waals surface area (Å²) in [6, 6.07) is 38.3. The van der Waals surface area contributed by atoms with Gasteiger partial charge in [0.25, 0.3) is 0 Å². The molecular formula is C28H26OSi-2. The van der Waals surface area contributed by atoms with Crippen LogP contribution in [0.3, 0.4) is 0 Å². The Morgan fingerprint density at radius 2 is 1.23 bits per heavy atom. The molecule has 1 nitrogen and oxygen atoms in total. The van der Waals surface area contributed by atoms with Gasteiger partial charge in [0, 0.05) is 8.07 Å². The van der Waals surface area contributed by atoms with Gasteiger partial charge in [-0.3, -0.25) is 0 Å². The SMILES string of the molecule is C[Si](CCCOc1ccccc1)(c1cc[c-]2ccccc12)c1cc[c-]2ccccc12. The van der Waals surface area contributed by atoms with Crippen LogP contribution >= 0.6 is 0 Å². The standard InChI is InChI=1S/C28H26OSi/c1-30(21-9-20-29-24-12-3-2-4-13-24,27-18-16-22-10-5-7-14-25(22)27)28-19-17-23-11-6-8-15-26(23)28/h2-8,10-19H,9,20-21H2,1H3/q-2. The van der Waals surface area contributed by atoms with Crippen LogP contribution in [0.4, 0.5) is 0 Å². The lowest BCUT2D eigenvalue weighted by Crippen LogP contribution is -2.55. The Bertz CT molecular complexity index is 1190. The van der Waals surface area contributed by atoms with E-state index in [1.54, 1.807) is 10.4 Å². The molecule has 0 bridgehead atoms. The van der Waals surface area contributed by atoms with Crippen molar-refractivity contribution >= 4 is 40.0 Å². The molecule has 30 heavy (non-hydrogen) atoms. The first-order chi connectivity index (χ1) is 14.8. The van der Waals surface area contributed by atoms with E-state index in [-0.39, 0.29) is 0 Å². The highest BCUT2D eigenvalue weighted by Crippen LogP contribution is 2.25. The lowest BCUT2D eigenvalue weighted by molar-refractivity contribution is 0.317. The summed E-state index contributed by atoms with van der Waals surface area (Å²) in [7, 11) is -1.94. The molecule has 0 aliphatic carbocycles. The van der Waals surface area contributed by atoms with Crippen molar-refractivity contribution in [3.63, 3.8) is 0 Å². The van der Waals surface area contributed by atoms with Gasteiger partial charge >= 0.3 is 0 Å². The number of para-hydroxylation sites is 1. The number of hydrogen-bond donors (Lipinski definition) is 0. The third-order valence-electron chi connectivity index (χ3n) is 6.38. The number of rotatable bonds is 7. The molecule has 150 valence electrons. The summed E-state index contributed by atoms with van der Waals surface area (Å²) < 4.78 is 6.03. The molecule has 0 saturated heterocycles. The summed E-state index contributed by atoms with van der Waals surface area (Å²) in [6.45, 7) is 3.29. The minimum absolute atomic E-state index is 0.754. The van der Waals surface area contributed by atoms with Gasteiger partial charge in [0.15, 0.2) is 0 Å². The second-order valence-corrected chi connectivity index (χ2v) is 12.5. The Hall–Kier alpha value is -3.10. The van der Waals surface area contributed by atoms with E-state index in [1.807, 2.05) is 30.3 Å². The molecule has 0 fully saturated rings. The molecule has 2 heteroatoms. The number of fused-ring (bicyclic) bond motifs is 2. The van der Waals surface area contributed by atoms with Gasteiger partial charge in [0.2, 0.25) is 0 Å². The largest absolute Gasteiger partial charge is 0.494 e. The molecule has 0 spiro atoms. The van der Waals surface area contributed by atoms with Crippen LogP contribution in [0.2, 0.25) is 12.6 Å². The summed E-state index contributed by atoms with van der Waals surface area (Å²) in [5.41, 5.74) is 0. The van der Waals surface area contributed by atoms with Gasteiger partial charge in [-0.05, 0) is 18.6 Å². The first-order valence-electron chi connectivity index (χ1n) is 10.7.